The number of aliphatic hydroxyl groups is 3. The summed E-state index contributed by atoms with van der Waals surface area (Å²) in [5.41, 5.74) is 0. The first kappa shape index (κ1) is 25.6. The van der Waals surface area contributed by atoms with Crippen molar-refractivity contribution in [3.63, 3.8) is 0 Å². The van der Waals surface area contributed by atoms with E-state index in [9.17, 15) is 10.2 Å². The molecule has 0 aromatic carbocycles. The van der Waals surface area contributed by atoms with Gasteiger partial charge in [0, 0.05) is 6.61 Å². The van der Waals surface area contributed by atoms with E-state index in [4.69, 9.17) is 14.6 Å². The molecule has 0 radical (unpaired) electrons. The molecule has 5 heteroatoms. The lowest BCUT2D eigenvalue weighted by Crippen LogP contribution is -2.41. The minimum Gasteiger partial charge on any atom is -0.394 e. The molecule has 166 valence electrons. The summed E-state index contributed by atoms with van der Waals surface area (Å²) in [6.45, 7) is 2.67. The van der Waals surface area contributed by atoms with Crippen molar-refractivity contribution in [2.24, 2.45) is 0 Å². The highest BCUT2D eigenvalue weighted by Gasteiger charge is 2.40. The number of allylic oxidation sites excluding steroid dienone is 2. The highest BCUT2D eigenvalue weighted by Crippen LogP contribution is 2.20. The van der Waals surface area contributed by atoms with E-state index in [-0.39, 0.29) is 6.61 Å². The summed E-state index contributed by atoms with van der Waals surface area (Å²) in [6.07, 6.45) is 18.2. The van der Waals surface area contributed by atoms with Crippen LogP contribution in [-0.4, -0.2) is 59.6 Å². The largest absolute Gasteiger partial charge is 0.394 e. The second-order valence-corrected chi connectivity index (χ2v) is 8.03. The fourth-order valence-electron chi connectivity index (χ4n) is 3.63. The van der Waals surface area contributed by atoms with Crippen LogP contribution in [0.4, 0.5) is 0 Å². The van der Waals surface area contributed by atoms with Crippen molar-refractivity contribution in [2.45, 2.75) is 115 Å². The summed E-state index contributed by atoms with van der Waals surface area (Å²) in [5.74, 6) is 0. The maximum absolute atomic E-state index is 10.0. The number of unbranched alkanes of at least 4 members (excludes halogenated alkanes) is 11. The molecule has 0 unspecified atom stereocenters. The van der Waals surface area contributed by atoms with Gasteiger partial charge in [-0.05, 0) is 25.7 Å². The zero-order valence-electron chi connectivity index (χ0n) is 17.9. The summed E-state index contributed by atoms with van der Waals surface area (Å²) >= 11 is 0. The highest BCUT2D eigenvalue weighted by molar-refractivity contribution is 4.89. The molecule has 1 aliphatic heterocycles. The van der Waals surface area contributed by atoms with Crippen molar-refractivity contribution in [3.05, 3.63) is 12.2 Å². The van der Waals surface area contributed by atoms with Gasteiger partial charge in [-0.15, -0.1) is 0 Å². The average Bonchev–Trinajstić information content (AvgIpc) is 3.07. The lowest BCUT2D eigenvalue weighted by Gasteiger charge is -2.20. The molecule has 5 nitrogen and oxygen atoms in total. The van der Waals surface area contributed by atoms with Crippen molar-refractivity contribution in [1.29, 1.82) is 0 Å². The van der Waals surface area contributed by atoms with Crippen LogP contribution < -0.4 is 0 Å². The van der Waals surface area contributed by atoms with Crippen molar-refractivity contribution in [2.75, 3.05) is 19.8 Å². The Morgan fingerprint density at radius 1 is 0.929 bits per heavy atom. The Morgan fingerprint density at radius 2 is 1.50 bits per heavy atom. The maximum Gasteiger partial charge on any atom is 0.114 e. The van der Waals surface area contributed by atoms with Gasteiger partial charge in [-0.3, -0.25) is 0 Å². The van der Waals surface area contributed by atoms with Crippen LogP contribution in [0, 0.1) is 0 Å². The van der Waals surface area contributed by atoms with Crippen molar-refractivity contribution in [1.82, 2.24) is 0 Å². The average molecular weight is 401 g/mol. The molecule has 0 aromatic heterocycles. The fraction of sp³-hybridized carbons (Fsp3) is 0.913. The molecule has 1 saturated heterocycles. The number of aliphatic hydroxyl groups excluding tert-OH is 3. The Balaban J connectivity index is 1.86. The minimum atomic E-state index is -1.06. The van der Waals surface area contributed by atoms with E-state index in [1.807, 2.05) is 0 Å². The second-order valence-electron chi connectivity index (χ2n) is 8.03. The van der Waals surface area contributed by atoms with Crippen molar-refractivity contribution in [3.8, 4) is 0 Å². The van der Waals surface area contributed by atoms with Gasteiger partial charge >= 0.3 is 0 Å². The Hall–Kier alpha value is -0.460. The Kier molecular flexibility index (Phi) is 15.9. The van der Waals surface area contributed by atoms with E-state index in [0.29, 0.717) is 6.61 Å². The van der Waals surface area contributed by atoms with Crippen LogP contribution in [0.25, 0.3) is 0 Å². The minimum absolute atomic E-state index is 0.261. The van der Waals surface area contributed by atoms with E-state index in [1.54, 1.807) is 0 Å². The lowest BCUT2D eigenvalue weighted by atomic mass is 10.1. The van der Waals surface area contributed by atoms with E-state index >= 15 is 0 Å². The molecule has 28 heavy (non-hydrogen) atoms. The summed E-state index contributed by atoms with van der Waals surface area (Å²) in [4.78, 5) is 0. The Labute approximate surface area is 172 Å². The first-order valence-electron chi connectivity index (χ1n) is 11.6. The summed E-state index contributed by atoms with van der Waals surface area (Å²) < 4.78 is 11.0. The molecule has 1 fully saturated rings. The summed E-state index contributed by atoms with van der Waals surface area (Å²) in [7, 11) is 0. The van der Waals surface area contributed by atoms with E-state index in [1.165, 1.54) is 64.2 Å². The van der Waals surface area contributed by atoms with Gasteiger partial charge in [-0.25, -0.2) is 0 Å². The van der Waals surface area contributed by atoms with Crippen LogP contribution in [0.2, 0.25) is 0 Å². The van der Waals surface area contributed by atoms with Gasteiger partial charge in [-0.2, -0.15) is 0 Å². The summed E-state index contributed by atoms with van der Waals surface area (Å²) in [5, 5.41) is 28.5. The molecule has 0 bridgehead atoms. The molecule has 0 aliphatic carbocycles. The predicted molar refractivity (Wildman–Crippen MR) is 113 cm³/mol. The smallest absolute Gasteiger partial charge is 0.114 e. The molecule has 0 spiro atoms. The third-order valence-corrected chi connectivity index (χ3v) is 5.47. The lowest BCUT2D eigenvalue weighted by molar-refractivity contribution is -0.0729. The molecular weight excluding hydrogens is 356 g/mol. The van der Waals surface area contributed by atoms with Gasteiger partial charge in [0.25, 0.3) is 0 Å². The molecule has 3 N–H and O–H groups in total. The molecule has 1 aliphatic rings. The molecule has 1 heterocycles. The SMILES string of the molecule is CCCCCCCCCCCC/C=C/CCCO[C@@H]1CO[C@@H]([C@@H](O)CO)[C@H]1O. The van der Waals surface area contributed by atoms with Crippen LogP contribution >= 0.6 is 0 Å². The molecular formula is C23H44O5. The van der Waals surface area contributed by atoms with Gasteiger partial charge < -0.3 is 24.8 Å². The first-order valence-corrected chi connectivity index (χ1v) is 11.6. The van der Waals surface area contributed by atoms with Gasteiger partial charge in [0.05, 0.1) is 13.2 Å². The Bertz CT molecular complexity index is 374. The van der Waals surface area contributed by atoms with Crippen LogP contribution in [0.15, 0.2) is 12.2 Å². The topological polar surface area (TPSA) is 79.2 Å². The summed E-state index contributed by atoms with van der Waals surface area (Å²) in [6, 6.07) is 0. The van der Waals surface area contributed by atoms with Gasteiger partial charge in [-0.1, -0.05) is 76.9 Å². The van der Waals surface area contributed by atoms with Crippen LogP contribution in [-0.2, 0) is 9.47 Å². The molecule has 4 atom stereocenters. The van der Waals surface area contributed by atoms with Gasteiger partial charge in [0.15, 0.2) is 0 Å². The highest BCUT2D eigenvalue weighted by atomic mass is 16.6. The third-order valence-electron chi connectivity index (χ3n) is 5.47. The predicted octanol–water partition coefficient (Wildman–Crippen LogP) is 4.13. The number of hydrogen-bond acceptors (Lipinski definition) is 5. The standard InChI is InChI=1S/C23H44O5/c1-2-3-4-5-6-7-8-9-10-11-12-13-14-15-16-17-27-21-19-28-23(22(21)26)20(25)18-24/h13-14,20-26H,2-12,15-19H2,1H3/b14-13+/t20-,21+,22-,23-/m0/s1. The van der Waals surface area contributed by atoms with Crippen molar-refractivity contribution >= 4 is 0 Å². The zero-order valence-corrected chi connectivity index (χ0v) is 17.9. The maximum atomic E-state index is 10.0. The van der Waals surface area contributed by atoms with E-state index in [2.05, 4.69) is 19.1 Å². The molecule has 0 aromatic rings. The number of hydrogen-bond donors (Lipinski definition) is 3. The van der Waals surface area contributed by atoms with Crippen LogP contribution in [0.5, 0.6) is 0 Å². The van der Waals surface area contributed by atoms with E-state index in [0.717, 1.165) is 19.3 Å². The van der Waals surface area contributed by atoms with Crippen LogP contribution in [0.3, 0.4) is 0 Å². The Morgan fingerprint density at radius 3 is 2.11 bits per heavy atom. The first-order chi connectivity index (χ1) is 13.7. The monoisotopic (exact) mass is 400 g/mol. The normalized spacial score (nSPS) is 23.6. The van der Waals surface area contributed by atoms with Crippen molar-refractivity contribution < 1.29 is 24.8 Å². The second kappa shape index (κ2) is 17.4. The fourth-order valence-corrected chi connectivity index (χ4v) is 3.63. The molecule has 0 saturated carbocycles. The van der Waals surface area contributed by atoms with Gasteiger partial charge in [0.2, 0.25) is 0 Å². The zero-order chi connectivity index (χ0) is 20.5. The quantitative estimate of drug-likeness (QED) is 0.238. The molecule has 1 rings (SSSR count). The van der Waals surface area contributed by atoms with Crippen LogP contribution in [0.1, 0.15) is 90.4 Å². The van der Waals surface area contributed by atoms with E-state index < -0.39 is 31.0 Å². The third kappa shape index (κ3) is 11.5. The molecule has 0 amide bonds. The van der Waals surface area contributed by atoms with Gasteiger partial charge in [0.1, 0.15) is 24.4 Å². The number of rotatable bonds is 18. The number of ether oxygens (including phenoxy) is 2.